The lowest BCUT2D eigenvalue weighted by atomic mass is 10.2. The number of hydrogen-bond donors (Lipinski definition) is 0. The minimum atomic E-state index is 0.365. The molecule has 0 unspecified atom stereocenters. The summed E-state index contributed by atoms with van der Waals surface area (Å²) in [5.74, 6) is 0. The molecule has 1 heterocycles. The molecule has 11 heavy (non-hydrogen) atoms. The molecule has 4 heteroatoms. The lowest BCUT2D eigenvalue weighted by Gasteiger charge is -1.98. The first kappa shape index (κ1) is 8.51. The van der Waals surface area contributed by atoms with Crippen molar-refractivity contribution in [1.29, 1.82) is 5.26 Å². The predicted octanol–water partition coefficient (Wildman–Crippen LogP) is 2.68. The monoisotopic (exact) mass is 230 g/mol. The summed E-state index contributed by atoms with van der Waals surface area (Å²) >= 11 is 8.92. The molecule has 1 aromatic rings. The molecule has 0 spiro atoms. The first-order valence-electron chi connectivity index (χ1n) is 2.88. The summed E-state index contributed by atoms with van der Waals surface area (Å²) in [6.07, 6.45) is 0. The average molecular weight is 231 g/mol. The molecule has 0 saturated heterocycles. The quantitative estimate of drug-likeness (QED) is 0.644. The molecule has 1 aromatic heterocycles. The number of rotatable bonds is 0. The van der Waals surface area contributed by atoms with Gasteiger partial charge in [0.05, 0.1) is 0 Å². The molecule has 0 radical (unpaired) electrons. The highest BCUT2D eigenvalue weighted by atomic mass is 79.9. The Morgan fingerprint density at radius 1 is 1.73 bits per heavy atom. The van der Waals surface area contributed by atoms with E-state index in [0.717, 1.165) is 5.56 Å². The van der Waals surface area contributed by atoms with Crippen LogP contribution in [0, 0.1) is 18.3 Å². The highest BCUT2D eigenvalue weighted by Gasteiger charge is 2.04. The fraction of sp³-hybridized carbons (Fsp3) is 0.143. The summed E-state index contributed by atoms with van der Waals surface area (Å²) in [6.45, 7) is 1.76. The van der Waals surface area contributed by atoms with E-state index in [-0.39, 0.29) is 0 Å². The van der Waals surface area contributed by atoms with Crippen LogP contribution in [-0.4, -0.2) is 4.98 Å². The molecule has 0 bridgehead atoms. The van der Waals surface area contributed by atoms with Crippen LogP contribution >= 0.6 is 27.5 Å². The molecule has 0 fully saturated rings. The van der Waals surface area contributed by atoms with Gasteiger partial charge in [-0.25, -0.2) is 4.98 Å². The Bertz CT molecular complexity index is 330. The Labute approximate surface area is 77.9 Å². The summed E-state index contributed by atoms with van der Waals surface area (Å²) in [5, 5.41) is 9.13. The first-order chi connectivity index (χ1) is 5.15. The molecule has 0 atom stereocenters. The highest BCUT2D eigenvalue weighted by molar-refractivity contribution is 9.10. The zero-order valence-corrected chi connectivity index (χ0v) is 8.07. The van der Waals surface area contributed by atoms with Crippen molar-refractivity contribution < 1.29 is 0 Å². The van der Waals surface area contributed by atoms with Crippen LogP contribution < -0.4 is 0 Å². The number of aromatic nitrogens is 1. The summed E-state index contributed by atoms with van der Waals surface area (Å²) in [5.41, 5.74) is 1.08. The second-order valence-electron chi connectivity index (χ2n) is 2.01. The molecular formula is C7H4BrClN2. The lowest BCUT2D eigenvalue weighted by molar-refractivity contribution is 1.18. The van der Waals surface area contributed by atoms with Crippen molar-refractivity contribution in [2.24, 2.45) is 0 Å². The molecule has 0 saturated carbocycles. The third-order valence-corrected chi connectivity index (χ3v) is 2.08. The smallest absolute Gasteiger partial charge is 0.146 e. The van der Waals surface area contributed by atoms with Gasteiger partial charge >= 0.3 is 0 Å². The van der Waals surface area contributed by atoms with Crippen LogP contribution in [0.3, 0.4) is 0 Å². The van der Waals surface area contributed by atoms with Crippen molar-refractivity contribution in [3.05, 3.63) is 26.9 Å². The summed E-state index contributed by atoms with van der Waals surface area (Å²) in [7, 11) is 0. The van der Waals surface area contributed by atoms with Gasteiger partial charge in [0.25, 0.3) is 0 Å². The number of hydrogen-bond acceptors (Lipinski definition) is 2. The maximum Gasteiger partial charge on any atom is 0.146 e. The molecule has 1 rings (SSSR count). The topological polar surface area (TPSA) is 36.7 Å². The van der Waals surface area contributed by atoms with E-state index < -0.39 is 0 Å². The van der Waals surface area contributed by atoms with Gasteiger partial charge in [0.15, 0.2) is 0 Å². The average Bonchev–Trinajstić information content (AvgIpc) is 1.96. The number of nitrogens with zero attached hydrogens (tertiary/aromatic N) is 2. The van der Waals surface area contributed by atoms with E-state index in [1.807, 2.05) is 6.07 Å². The van der Waals surface area contributed by atoms with Gasteiger partial charge in [-0.05, 0) is 28.9 Å². The summed E-state index contributed by atoms with van der Waals surface area (Å²) in [6, 6.07) is 3.62. The first-order valence-corrected chi connectivity index (χ1v) is 4.05. The van der Waals surface area contributed by atoms with Crippen molar-refractivity contribution >= 4 is 27.5 Å². The molecule has 56 valence electrons. The number of pyridine rings is 1. The Morgan fingerprint density at radius 2 is 2.36 bits per heavy atom. The van der Waals surface area contributed by atoms with Gasteiger partial charge < -0.3 is 0 Å². The van der Waals surface area contributed by atoms with Crippen molar-refractivity contribution in [1.82, 2.24) is 4.98 Å². The molecule has 0 aliphatic carbocycles. The molecule has 2 nitrogen and oxygen atoms in total. The van der Waals surface area contributed by atoms with E-state index in [0.29, 0.717) is 15.3 Å². The van der Waals surface area contributed by atoms with Gasteiger partial charge in [0.2, 0.25) is 0 Å². The fourth-order valence-corrected chi connectivity index (χ4v) is 1.39. The van der Waals surface area contributed by atoms with Crippen molar-refractivity contribution in [2.45, 2.75) is 6.92 Å². The third-order valence-electron chi connectivity index (χ3n) is 1.28. The molecule has 0 aromatic carbocycles. The largest absolute Gasteiger partial charge is 0.230 e. The molecule has 0 amide bonds. The Hall–Kier alpha value is -0.590. The lowest BCUT2D eigenvalue weighted by Crippen LogP contribution is -1.89. The van der Waals surface area contributed by atoms with Gasteiger partial charge in [-0.1, -0.05) is 11.6 Å². The van der Waals surface area contributed by atoms with Crippen LogP contribution in [0.25, 0.3) is 0 Å². The third kappa shape index (κ3) is 1.70. The van der Waals surface area contributed by atoms with Crippen LogP contribution in [0.2, 0.25) is 5.02 Å². The number of nitriles is 1. The Kier molecular flexibility index (Phi) is 2.48. The van der Waals surface area contributed by atoms with Gasteiger partial charge in [0.1, 0.15) is 16.4 Å². The van der Waals surface area contributed by atoms with Crippen LogP contribution in [0.1, 0.15) is 11.3 Å². The van der Waals surface area contributed by atoms with Gasteiger partial charge in [-0.3, -0.25) is 0 Å². The summed E-state index contributed by atoms with van der Waals surface area (Å²) in [4.78, 5) is 3.92. The zero-order chi connectivity index (χ0) is 8.43. The second kappa shape index (κ2) is 3.21. The summed E-state index contributed by atoms with van der Waals surface area (Å²) < 4.78 is 0.588. The Morgan fingerprint density at radius 3 is 2.91 bits per heavy atom. The van der Waals surface area contributed by atoms with Crippen molar-refractivity contribution in [3.63, 3.8) is 0 Å². The van der Waals surface area contributed by atoms with Crippen LogP contribution in [-0.2, 0) is 0 Å². The van der Waals surface area contributed by atoms with Gasteiger partial charge in [-0.2, -0.15) is 5.26 Å². The number of halogens is 2. The minimum absolute atomic E-state index is 0.365. The van der Waals surface area contributed by atoms with E-state index in [9.17, 15) is 0 Å². The van der Waals surface area contributed by atoms with Crippen LogP contribution in [0.5, 0.6) is 0 Å². The van der Waals surface area contributed by atoms with E-state index in [4.69, 9.17) is 16.9 Å². The van der Waals surface area contributed by atoms with E-state index in [1.54, 1.807) is 13.0 Å². The minimum Gasteiger partial charge on any atom is -0.230 e. The van der Waals surface area contributed by atoms with Crippen molar-refractivity contribution in [2.75, 3.05) is 0 Å². The van der Waals surface area contributed by atoms with E-state index in [2.05, 4.69) is 20.9 Å². The second-order valence-corrected chi connectivity index (χ2v) is 3.23. The zero-order valence-electron chi connectivity index (χ0n) is 5.73. The molecular weight excluding hydrogens is 227 g/mol. The maximum absolute atomic E-state index is 8.58. The normalized spacial score (nSPS) is 9.27. The maximum atomic E-state index is 8.58. The van der Waals surface area contributed by atoms with E-state index >= 15 is 0 Å². The van der Waals surface area contributed by atoms with E-state index in [1.165, 1.54) is 0 Å². The fourth-order valence-electron chi connectivity index (χ4n) is 0.658. The molecule has 0 N–H and O–H groups in total. The predicted molar refractivity (Wildman–Crippen MR) is 46.4 cm³/mol. The SMILES string of the molecule is Cc1c(Cl)cc(Br)nc1C#N. The highest BCUT2D eigenvalue weighted by Crippen LogP contribution is 2.20. The molecule has 0 aliphatic heterocycles. The van der Waals surface area contributed by atoms with Crippen LogP contribution in [0.4, 0.5) is 0 Å². The Balaban J connectivity index is 3.39. The molecule has 0 aliphatic rings. The van der Waals surface area contributed by atoms with Crippen LogP contribution in [0.15, 0.2) is 10.7 Å². The van der Waals surface area contributed by atoms with Gasteiger partial charge in [-0.15, -0.1) is 0 Å². The standard InChI is InChI=1S/C7H4BrClN2/c1-4-5(9)2-7(8)11-6(4)3-10/h2H,1H3. The van der Waals surface area contributed by atoms with Crippen molar-refractivity contribution in [3.8, 4) is 6.07 Å². The van der Waals surface area contributed by atoms with Gasteiger partial charge in [0, 0.05) is 10.6 Å².